The second kappa shape index (κ2) is 6.27. The van der Waals surface area contributed by atoms with Gasteiger partial charge in [0.2, 0.25) is 0 Å². The summed E-state index contributed by atoms with van der Waals surface area (Å²) < 4.78 is 26.6. The zero-order valence-corrected chi connectivity index (χ0v) is 10.8. The van der Waals surface area contributed by atoms with Crippen LogP contribution in [0, 0.1) is 21.7 Å². The van der Waals surface area contributed by atoms with Crippen LogP contribution in [0.1, 0.15) is 11.7 Å². The fraction of sp³-hybridized carbons (Fsp3) is 0.143. The number of nitro benzene ring substituents is 1. The van der Waals surface area contributed by atoms with Gasteiger partial charge < -0.3 is 10.4 Å². The highest BCUT2D eigenvalue weighted by atomic mass is 19.1. The molecule has 7 heteroatoms. The van der Waals surface area contributed by atoms with E-state index < -0.39 is 22.7 Å². The molecule has 0 aliphatic heterocycles. The molecule has 1 unspecified atom stereocenters. The first-order valence-corrected chi connectivity index (χ1v) is 6.09. The molecule has 2 N–H and O–H groups in total. The summed E-state index contributed by atoms with van der Waals surface area (Å²) in [6.07, 6.45) is -1.21. The summed E-state index contributed by atoms with van der Waals surface area (Å²) in [4.78, 5) is 10.2. The third-order valence-corrected chi connectivity index (χ3v) is 2.91. The van der Waals surface area contributed by atoms with Crippen LogP contribution in [0.4, 0.5) is 20.2 Å². The Morgan fingerprint density at radius 3 is 2.62 bits per heavy atom. The topological polar surface area (TPSA) is 75.4 Å². The lowest BCUT2D eigenvalue weighted by Crippen LogP contribution is -2.14. The SMILES string of the molecule is O=[N+]([O-])c1ccc(F)cc1NCC(O)c1ccccc1F. The van der Waals surface area contributed by atoms with Crippen molar-refractivity contribution >= 4 is 11.4 Å². The Morgan fingerprint density at radius 2 is 1.95 bits per heavy atom. The van der Waals surface area contributed by atoms with Gasteiger partial charge in [-0.2, -0.15) is 0 Å². The molecule has 0 fully saturated rings. The highest BCUT2D eigenvalue weighted by Gasteiger charge is 2.17. The molecule has 0 spiro atoms. The summed E-state index contributed by atoms with van der Waals surface area (Å²) in [7, 11) is 0. The van der Waals surface area contributed by atoms with Gasteiger partial charge in [0, 0.05) is 24.2 Å². The molecule has 0 saturated heterocycles. The molecule has 5 nitrogen and oxygen atoms in total. The number of hydrogen-bond acceptors (Lipinski definition) is 4. The Kier molecular flexibility index (Phi) is 4.44. The fourth-order valence-corrected chi connectivity index (χ4v) is 1.87. The standard InChI is InChI=1S/C14H12F2N2O3/c15-9-5-6-13(18(20)21)12(7-9)17-8-14(19)10-3-1-2-4-11(10)16/h1-7,14,17,19H,8H2. The fourth-order valence-electron chi connectivity index (χ4n) is 1.87. The predicted octanol–water partition coefficient (Wildman–Crippen LogP) is 3.02. The normalized spacial score (nSPS) is 12.0. The maximum absolute atomic E-state index is 13.5. The first-order chi connectivity index (χ1) is 9.99. The van der Waals surface area contributed by atoms with Gasteiger partial charge in [0.1, 0.15) is 17.3 Å². The Bertz CT molecular complexity index is 664. The summed E-state index contributed by atoms with van der Waals surface area (Å²) >= 11 is 0. The Balaban J connectivity index is 2.15. The maximum atomic E-state index is 13.5. The number of nitrogens with zero attached hydrogens (tertiary/aromatic N) is 1. The second-order valence-electron chi connectivity index (χ2n) is 4.34. The van der Waals surface area contributed by atoms with Crippen LogP contribution in [-0.2, 0) is 0 Å². The first-order valence-electron chi connectivity index (χ1n) is 6.09. The largest absolute Gasteiger partial charge is 0.386 e. The summed E-state index contributed by atoms with van der Waals surface area (Å²) in [6.45, 7) is -0.189. The lowest BCUT2D eigenvalue weighted by molar-refractivity contribution is -0.384. The summed E-state index contributed by atoms with van der Waals surface area (Å²) in [5.41, 5.74) is -0.337. The van der Waals surface area contributed by atoms with Crippen molar-refractivity contribution in [3.05, 3.63) is 69.8 Å². The van der Waals surface area contributed by atoms with Gasteiger partial charge in [0.25, 0.3) is 5.69 Å². The number of rotatable bonds is 5. The van der Waals surface area contributed by atoms with E-state index in [9.17, 15) is 24.0 Å². The summed E-state index contributed by atoms with van der Waals surface area (Å²) in [5.74, 6) is -1.23. The second-order valence-corrected chi connectivity index (χ2v) is 4.34. The zero-order chi connectivity index (χ0) is 15.4. The molecule has 1 atom stereocenters. The Labute approximate surface area is 119 Å². The van der Waals surface area contributed by atoms with Crippen LogP contribution in [0.5, 0.6) is 0 Å². The molecule has 0 heterocycles. The van der Waals surface area contributed by atoms with Crippen LogP contribution >= 0.6 is 0 Å². The van der Waals surface area contributed by atoms with E-state index in [4.69, 9.17) is 0 Å². The van der Waals surface area contributed by atoms with Gasteiger partial charge in [0.15, 0.2) is 0 Å². The molecule has 21 heavy (non-hydrogen) atoms. The monoisotopic (exact) mass is 294 g/mol. The van der Waals surface area contributed by atoms with E-state index >= 15 is 0 Å². The smallest absolute Gasteiger partial charge is 0.292 e. The third-order valence-electron chi connectivity index (χ3n) is 2.91. The molecule has 2 aromatic rings. The van der Waals surface area contributed by atoms with Crippen molar-refractivity contribution < 1.29 is 18.8 Å². The molecule has 2 rings (SSSR count). The van der Waals surface area contributed by atoms with E-state index in [2.05, 4.69) is 5.32 Å². The number of hydrogen-bond donors (Lipinski definition) is 2. The van der Waals surface area contributed by atoms with Gasteiger partial charge >= 0.3 is 0 Å². The van der Waals surface area contributed by atoms with Gasteiger partial charge in [-0.15, -0.1) is 0 Å². The number of halogens is 2. The van der Waals surface area contributed by atoms with Crippen molar-refractivity contribution in [2.45, 2.75) is 6.10 Å². The first kappa shape index (κ1) is 14.9. The van der Waals surface area contributed by atoms with Crippen molar-refractivity contribution in [3.8, 4) is 0 Å². The quantitative estimate of drug-likeness (QED) is 0.656. The Hall–Kier alpha value is -2.54. The lowest BCUT2D eigenvalue weighted by Gasteiger charge is -2.14. The van der Waals surface area contributed by atoms with Crippen LogP contribution in [0.3, 0.4) is 0 Å². The number of nitro groups is 1. The molecule has 110 valence electrons. The van der Waals surface area contributed by atoms with Crippen LogP contribution in [-0.4, -0.2) is 16.6 Å². The molecule has 0 saturated carbocycles. The van der Waals surface area contributed by atoms with E-state index in [1.165, 1.54) is 18.2 Å². The molecule has 0 bridgehead atoms. The summed E-state index contributed by atoms with van der Waals surface area (Å²) in [6, 6.07) is 8.59. The van der Waals surface area contributed by atoms with Crippen molar-refractivity contribution in [2.75, 3.05) is 11.9 Å². The van der Waals surface area contributed by atoms with Crippen molar-refractivity contribution in [1.82, 2.24) is 0 Å². The van der Waals surface area contributed by atoms with Gasteiger partial charge in [-0.3, -0.25) is 10.1 Å². The van der Waals surface area contributed by atoms with Crippen LogP contribution < -0.4 is 5.32 Å². The van der Waals surface area contributed by atoms with Crippen molar-refractivity contribution in [1.29, 1.82) is 0 Å². The molecule has 0 aliphatic rings. The molecular formula is C14H12F2N2O3. The molecule has 0 aromatic heterocycles. The molecule has 0 radical (unpaired) electrons. The van der Waals surface area contributed by atoms with Crippen LogP contribution in [0.25, 0.3) is 0 Å². The minimum Gasteiger partial charge on any atom is -0.386 e. The average Bonchev–Trinajstić information content (AvgIpc) is 2.45. The van der Waals surface area contributed by atoms with E-state index in [1.807, 2.05) is 0 Å². The van der Waals surface area contributed by atoms with Gasteiger partial charge in [-0.25, -0.2) is 8.78 Å². The minimum atomic E-state index is -1.21. The number of aliphatic hydroxyl groups excluding tert-OH is 1. The van der Waals surface area contributed by atoms with Gasteiger partial charge in [-0.05, 0) is 12.1 Å². The van der Waals surface area contributed by atoms with Crippen molar-refractivity contribution in [3.63, 3.8) is 0 Å². The molecule has 0 aliphatic carbocycles. The summed E-state index contributed by atoms with van der Waals surface area (Å²) in [5, 5.41) is 23.3. The van der Waals surface area contributed by atoms with Crippen LogP contribution in [0.15, 0.2) is 42.5 Å². The van der Waals surface area contributed by atoms with Crippen LogP contribution in [0.2, 0.25) is 0 Å². The van der Waals surface area contributed by atoms with E-state index in [1.54, 1.807) is 6.07 Å². The minimum absolute atomic E-state index is 0.0593. The van der Waals surface area contributed by atoms with Crippen molar-refractivity contribution in [2.24, 2.45) is 0 Å². The van der Waals surface area contributed by atoms with E-state index in [0.717, 1.165) is 18.2 Å². The third kappa shape index (κ3) is 3.51. The molecular weight excluding hydrogens is 282 g/mol. The van der Waals surface area contributed by atoms with E-state index in [0.29, 0.717) is 0 Å². The molecule has 0 amide bonds. The average molecular weight is 294 g/mol. The Morgan fingerprint density at radius 1 is 1.24 bits per heavy atom. The highest BCUT2D eigenvalue weighted by molar-refractivity contribution is 5.61. The number of aliphatic hydroxyl groups is 1. The number of benzene rings is 2. The molecule has 2 aromatic carbocycles. The number of nitrogens with one attached hydrogen (secondary N) is 1. The number of anilines is 1. The lowest BCUT2D eigenvalue weighted by atomic mass is 10.1. The highest BCUT2D eigenvalue weighted by Crippen LogP contribution is 2.26. The zero-order valence-electron chi connectivity index (χ0n) is 10.8. The maximum Gasteiger partial charge on any atom is 0.292 e. The van der Waals surface area contributed by atoms with Gasteiger partial charge in [-0.1, -0.05) is 18.2 Å². The van der Waals surface area contributed by atoms with Gasteiger partial charge in [0.05, 0.1) is 11.0 Å². The van der Waals surface area contributed by atoms with E-state index in [-0.39, 0.29) is 23.5 Å². The predicted molar refractivity (Wildman–Crippen MR) is 72.9 cm³/mol.